The first-order chi connectivity index (χ1) is 19.0. The molecule has 0 radical (unpaired) electrons. The first-order valence-electron chi connectivity index (χ1n) is 12.3. The molecule has 1 fully saturated rings. The average Bonchev–Trinajstić information content (AvgIpc) is 3.58. The van der Waals surface area contributed by atoms with E-state index in [2.05, 4.69) is 20.9 Å². The van der Waals surface area contributed by atoms with E-state index in [0.717, 1.165) is 22.8 Å². The molecule has 8 nitrogen and oxygen atoms in total. The first kappa shape index (κ1) is 26.7. The summed E-state index contributed by atoms with van der Waals surface area (Å²) in [6.07, 6.45) is 3.75. The number of thiocarbonyl (C=S) groups is 1. The Kier molecular flexibility index (Phi) is 8.11. The van der Waals surface area contributed by atoms with Crippen LogP contribution >= 0.6 is 23.8 Å². The molecule has 0 aliphatic carbocycles. The molecule has 39 heavy (non-hydrogen) atoms. The van der Waals surface area contributed by atoms with Crippen molar-refractivity contribution in [1.82, 2.24) is 14.9 Å². The normalized spacial score (nSPS) is 16.7. The van der Waals surface area contributed by atoms with E-state index < -0.39 is 0 Å². The van der Waals surface area contributed by atoms with Gasteiger partial charge < -0.3 is 29.0 Å². The average molecular weight is 563 g/mol. The maximum atomic E-state index is 12.0. The number of aromatic nitrogens is 2. The van der Waals surface area contributed by atoms with Gasteiger partial charge in [-0.3, -0.25) is 4.98 Å². The Morgan fingerprint density at radius 1 is 1.03 bits per heavy atom. The number of carbonyl (C=O) groups is 1. The van der Waals surface area contributed by atoms with Gasteiger partial charge in [0.05, 0.1) is 36.0 Å². The predicted octanol–water partition coefficient (Wildman–Crippen LogP) is 5.51. The summed E-state index contributed by atoms with van der Waals surface area (Å²) in [7, 11) is 2.99. The molecule has 5 rings (SSSR count). The van der Waals surface area contributed by atoms with Crippen molar-refractivity contribution in [2.45, 2.75) is 12.1 Å². The van der Waals surface area contributed by atoms with Gasteiger partial charge in [-0.05, 0) is 78.9 Å². The number of hydrogen-bond acceptors (Lipinski definition) is 6. The van der Waals surface area contributed by atoms with E-state index in [1.54, 1.807) is 25.4 Å². The molecule has 3 heterocycles. The molecule has 0 bridgehead atoms. The molecule has 200 valence electrons. The maximum absolute atomic E-state index is 12.0. The monoisotopic (exact) mass is 562 g/mol. The molecule has 0 saturated carbocycles. The van der Waals surface area contributed by atoms with Crippen molar-refractivity contribution in [1.29, 1.82) is 0 Å². The van der Waals surface area contributed by atoms with Gasteiger partial charge in [-0.25, -0.2) is 4.79 Å². The van der Waals surface area contributed by atoms with Crippen LogP contribution in [0.4, 0.5) is 5.69 Å². The number of methoxy groups -OCH3 is 2. The van der Waals surface area contributed by atoms with E-state index in [-0.39, 0.29) is 18.1 Å². The van der Waals surface area contributed by atoms with Crippen LogP contribution in [0.2, 0.25) is 5.02 Å². The van der Waals surface area contributed by atoms with Crippen molar-refractivity contribution < 1.29 is 19.0 Å². The van der Waals surface area contributed by atoms with Crippen LogP contribution in [0.3, 0.4) is 0 Å². The number of nitrogens with zero attached hydrogens (tertiary/aromatic N) is 3. The zero-order valence-electron chi connectivity index (χ0n) is 21.4. The van der Waals surface area contributed by atoms with E-state index in [0.29, 0.717) is 34.7 Å². The quantitative estimate of drug-likeness (QED) is 0.162. The number of pyridine rings is 1. The Morgan fingerprint density at radius 3 is 2.51 bits per heavy atom. The highest BCUT2D eigenvalue weighted by Gasteiger charge is 2.42. The molecule has 2 aromatic carbocycles. The van der Waals surface area contributed by atoms with Crippen LogP contribution in [0, 0.1) is 0 Å². The molecule has 1 N–H and O–H groups in total. The molecule has 2 atom stereocenters. The third-order valence-electron chi connectivity index (χ3n) is 6.49. The van der Waals surface area contributed by atoms with Gasteiger partial charge in [0.25, 0.3) is 0 Å². The Hall–Kier alpha value is -3.92. The van der Waals surface area contributed by atoms with Crippen molar-refractivity contribution in [2.24, 2.45) is 0 Å². The third-order valence-corrected chi connectivity index (χ3v) is 7.10. The van der Waals surface area contributed by atoms with Gasteiger partial charge in [-0.15, -0.1) is 0 Å². The Labute approximate surface area is 237 Å². The lowest BCUT2D eigenvalue weighted by Gasteiger charge is -2.29. The summed E-state index contributed by atoms with van der Waals surface area (Å²) in [6, 6.07) is 22.3. The van der Waals surface area contributed by atoms with Crippen LogP contribution in [-0.4, -0.2) is 48.1 Å². The zero-order chi connectivity index (χ0) is 27.4. The van der Waals surface area contributed by atoms with Gasteiger partial charge >= 0.3 is 5.97 Å². The third kappa shape index (κ3) is 5.47. The van der Waals surface area contributed by atoms with Crippen LogP contribution < -0.4 is 15.0 Å². The second-order valence-corrected chi connectivity index (χ2v) is 9.59. The number of ether oxygens (including phenoxy) is 3. The van der Waals surface area contributed by atoms with Crippen LogP contribution in [-0.2, 0) is 9.47 Å². The van der Waals surface area contributed by atoms with Crippen molar-refractivity contribution >= 4 is 40.6 Å². The van der Waals surface area contributed by atoms with Crippen molar-refractivity contribution in [3.63, 3.8) is 0 Å². The largest absolute Gasteiger partial charge is 0.490 e. The fraction of sp³-hybridized carbons (Fsp3) is 0.207. The van der Waals surface area contributed by atoms with Gasteiger partial charge in [0.1, 0.15) is 18.4 Å². The van der Waals surface area contributed by atoms with Gasteiger partial charge in [-0.1, -0.05) is 17.7 Å². The van der Waals surface area contributed by atoms with Crippen molar-refractivity contribution in [3.8, 4) is 11.4 Å². The summed E-state index contributed by atoms with van der Waals surface area (Å²) >= 11 is 12.5. The highest BCUT2D eigenvalue weighted by Crippen LogP contribution is 2.43. The molecule has 1 aliphatic rings. The van der Waals surface area contributed by atoms with E-state index in [1.165, 1.54) is 7.11 Å². The van der Waals surface area contributed by atoms with Gasteiger partial charge in [0, 0.05) is 36.6 Å². The van der Waals surface area contributed by atoms with Crippen LogP contribution in [0.15, 0.2) is 85.2 Å². The summed E-state index contributed by atoms with van der Waals surface area (Å²) < 4.78 is 17.7. The molecule has 0 amide bonds. The molecule has 0 spiro atoms. The summed E-state index contributed by atoms with van der Waals surface area (Å²) in [5.41, 5.74) is 4.01. The smallest absolute Gasteiger partial charge is 0.337 e. The van der Waals surface area contributed by atoms with E-state index in [1.807, 2.05) is 65.7 Å². The Balaban J connectivity index is 1.56. The topological polar surface area (TPSA) is 77.9 Å². The number of halogens is 1. The zero-order valence-corrected chi connectivity index (χ0v) is 23.0. The number of hydrogen-bond donors (Lipinski definition) is 1. The lowest BCUT2D eigenvalue weighted by molar-refractivity contribution is 0.0600. The highest BCUT2D eigenvalue weighted by molar-refractivity contribution is 7.80. The first-order valence-corrected chi connectivity index (χ1v) is 13.1. The number of benzene rings is 2. The molecule has 1 aliphatic heterocycles. The minimum atomic E-state index is -0.382. The minimum absolute atomic E-state index is 0.238. The van der Waals surface area contributed by atoms with Crippen LogP contribution in [0.5, 0.6) is 5.75 Å². The second-order valence-electron chi connectivity index (χ2n) is 8.79. The van der Waals surface area contributed by atoms with E-state index in [9.17, 15) is 4.79 Å². The number of carbonyl (C=O) groups excluding carboxylic acids is 1. The highest BCUT2D eigenvalue weighted by atomic mass is 35.5. The number of esters is 1. The second kappa shape index (κ2) is 11.9. The van der Waals surface area contributed by atoms with Crippen molar-refractivity contribution in [2.75, 3.05) is 32.3 Å². The molecule has 2 aromatic heterocycles. The molecule has 10 heteroatoms. The number of rotatable bonds is 9. The van der Waals surface area contributed by atoms with Gasteiger partial charge in [-0.2, -0.15) is 0 Å². The maximum Gasteiger partial charge on any atom is 0.337 e. The predicted molar refractivity (Wildman–Crippen MR) is 154 cm³/mol. The van der Waals surface area contributed by atoms with Crippen LogP contribution in [0.1, 0.15) is 33.8 Å². The molecule has 0 unspecified atom stereocenters. The molecule has 1 saturated heterocycles. The van der Waals surface area contributed by atoms with E-state index in [4.69, 9.17) is 38.0 Å². The van der Waals surface area contributed by atoms with Gasteiger partial charge in [0.2, 0.25) is 0 Å². The SMILES string of the molecule is COCCOc1ccc(N2C(=S)N[C@H](c3ccccn3)[C@@H]2c2cccn2-c2ccc(C(=O)OC)cc2)cc1Cl. The minimum Gasteiger partial charge on any atom is -0.490 e. The molecular formula is C29H27ClN4O4S. The van der Waals surface area contributed by atoms with Crippen LogP contribution in [0.25, 0.3) is 5.69 Å². The molecular weight excluding hydrogens is 536 g/mol. The molecule has 4 aromatic rings. The summed E-state index contributed by atoms with van der Waals surface area (Å²) in [4.78, 5) is 18.6. The number of anilines is 1. The fourth-order valence-electron chi connectivity index (χ4n) is 4.67. The number of nitrogens with one attached hydrogen (secondary N) is 1. The van der Waals surface area contributed by atoms with E-state index >= 15 is 0 Å². The standard InChI is InChI=1S/C29H27ClN4O4S/c1-36-16-17-38-25-13-12-21(18-22(25)30)34-27(26(32-29(34)39)23-6-3-4-14-31-23)24-7-5-15-33(24)20-10-8-19(9-11-20)28(35)37-2/h3-15,18,26-27H,16-17H2,1-2H3,(H,32,39)/t26-,27+/m1/s1. The summed E-state index contributed by atoms with van der Waals surface area (Å²) in [5.74, 6) is 0.190. The fourth-order valence-corrected chi connectivity index (χ4v) is 5.25. The Morgan fingerprint density at radius 2 is 1.82 bits per heavy atom. The Bertz CT molecular complexity index is 1460. The lowest BCUT2D eigenvalue weighted by atomic mass is 10.0. The lowest BCUT2D eigenvalue weighted by Crippen LogP contribution is -2.30. The van der Waals surface area contributed by atoms with Gasteiger partial charge in [0.15, 0.2) is 5.11 Å². The summed E-state index contributed by atoms with van der Waals surface area (Å²) in [6.45, 7) is 0.857. The van der Waals surface area contributed by atoms with Crippen molar-refractivity contribution in [3.05, 3.63) is 107 Å². The summed E-state index contributed by atoms with van der Waals surface area (Å²) in [5, 5.41) is 4.49.